The van der Waals surface area contributed by atoms with Crippen molar-refractivity contribution in [1.82, 2.24) is 4.98 Å². The Morgan fingerprint density at radius 3 is 2.67 bits per heavy atom. The summed E-state index contributed by atoms with van der Waals surface area (Å²) in [7, 11) is 1.28. The lowest BCUT2D eigenvalue weighted by molar-refractivity contribution is -0.138. The van der Waals surface area contributed by atoms with Crippen molar-refractivity contribution in [1.29, 1.82) is 0 Å². The third kappa shape index (κ3) is 2.92. The van der Waals surface area contributed by atoms with Gasteiger partial charge in [-0.05, 0) is 23.6 Å². The van der Waals surface area contributed by atoms with Crippen LogP contribution in [0.25, 0.3) is 0 Å². The van der Waals surface area contributed by atoms with E-state index in [0.29, 0.717) is 12.2 Å². The number of aliphatic carboxylic acids is 1. The Balaban J connectivity index is 1.87. The van der Waals surface area contributed by atoms with E-state index in [-0.39, 0.29) is 16.6 Å². The fraction of sp³-hybridized carbons (Fsp3) is 0.235. The van der Waals surface area contributed by atoms with Crippen LogP contribution in [0.4, 0.5) is 5.82 Å². The molecule has 1 aliphatic rings. The van der Waals surface area contributed by atoms with E-state index in [9.17, 15) is 14.7 Å². The number of nitrogens with one attached hydrogen (secondary N) is 1. The van der Waals surface area contributed by atoms with Gasteiger partial charge in [0.15, 0.2) is 0 Å². The molecule has 7 heteroatoms. The van der Waals surface area contributed by atoms with Crippen molar-refractivity contribution >= 4 is 29.4 Å². The molecule has 124 valence electrons. The lowest BCUT2D eigenvalue weighted by Crippen LogP contribution is -2.12. The van der Waals surface area contributed by atoms with Gasteiger partial charge in [-0.2, -0.15) is 0 Å². The van der Waals surface area contributed by atoms with Gasteiger partial charge in [0.1, 0.15) is 5.82 Å². The van der Waals surface area contributed by atoms with Crippen molar-refractivity contribution in [2.45, 2.75) is 18.4 Å². The van der Waals surface area contributed by atoms with Crippen LogP contribution in [0.3, 0.4) is 0 Å². The molecule has 24 heavy (non-hydrogen) atoms. The van der Waals surface area contributed by atoms with Crippen LogP contribution in [0, 0.1) is 0 Å². The summed E-state index contributed by atoms with van der Waals surface area (Å²) in [6.45, 7) is 0. The molecular formula is C17H15ClN2O4. The second-order valence-corrected chi connectivity index (χ2v) is 5.91. The van der Waals surface area contributed by atoms with Crippen LogP contribution in [-0.4, -0.2) is 29.1 Å². The van der Waals surface area contributed by atoms with Gasteiger partial charge in [-0.15, -0.1) is 0 Å². The first-order valence-electron chi connectivity index (χ1n) is 7.33. The smallest absolute Gasteiger partial charge is 0.339 e. The highest BCUT2D eigenvalue weighted by Crippen LogP contribution is 2.42. The normalized spacial score (nSPS) is 18.8. The fourth-order valence-electron chi connectivity index (χ4n) is 2.94. The summed E-state index contributed by atoms with van der Waals surface area (Å²) in [4.78, 5) is 27.1. The van der Waals surface area contributed by atoms with Gasteiger partial charge in [-0.1, -0.05) is 35.9 Å². The van der Waals surface area contributed by atoms with E-state index in [0.717, 1.165) is 11.1 Å². The molecule has 0 radical (unpaired) electrons. The first-order chi connectivity index (χ1) is 11.5. The molecule has 2 N–H and O–H groups in total. The first-order valence-corrected chi connectivity index (χ1v) is 7.71. The van der Waals surface area contributed by atoms with Crippen molar-refractivity contribution in [3.05, 3.63) is 58.2 Å². The molecule has 0 saturated carbocycles. The predicted molar refractivity (Wildman–Crippen MR) is 88.4 cm³/mol. The van der Waals surface area contributed by atoms with Gasteiger partial charge in [0.25, 0.3) is 0 Å². The lowest BCUT2D eigenvalue weighted by Gasteiger charge is -2.16. The van der Waals surface area contributed by atoms with Crippen LogP contribution >= 0.6 is 11.6 Å². The topological polar surface area (TPSA) is 88.5 Å². The summed E-state index contributed by atoms with van der Waals surface area (Å²) in [6, 6.07) is 8.67. The second-order valence-electron chi connectivity index (χ2n) is 5.50. The maximum absolute atomic E-state index is 11.5. The van der Waals surface area contributed by atoms with Gasteiger partial charge in [0.05, 0.1) is 29.7 Å². The highest BCUT2D eigenvalue weighted by atomic mass is 35.5. The van der Waals surface area contributed by atoms with E-state index in [1.807, 2.05) is 24.3 Å². The van der Waals surface area contributed by atoms with Crippen LogP contribution in [0.1, 0.15) is 39.9 Å². The van der Waals surface area contributed by atoms with Gasteiger partial charge in [-0.3, -0.25) is 4.79 Å². The lowest BCUT2D eigenvalue weighted by atomic mass is 10.0. The largest absolute Gasteiger partial charge is 0.481 e. The van der Waals surface area contributed by atoms with Crippen molar-refractivity contribution in [2.24, 2.45) is 0 Å². The minimum atomic E-state index is -0.855. The number of carbonyl (C=O) groups is 2. The SMILES string of the molecule is COC(=O)c1cnc(NC2CC(C(=O)O)c3ccccc32)c(Cl)c1. The monoisotopic (exact) mass is 346 g/mol. The number of anilines is 1. The molecule has 0 spiro atoms. The van der Waals surface area contributed by atoms with Gasteiger partial charge in [0, 0.05) is 6.20 Å². The standard InChI is InChI=1S/C17H15ClN2O4/c1-24-17(23)9-6-13(18)15(19-8-9)20-14-7-12(16(21)22)10-4-2-3-5-11(10)14/h2-6,8,12,14H,7H2,1H3,(H,19,20)(H,21,22). The highest BCUT2D eigenvalue weighted by molar-refractivity contribution is 6.33. The minimum Gasteiger partial charge on any atom is -0.481 e. The maximum atomic E-state index is 11.5. The number of carboxylic acids is 1. The number of benzene rings is 1. The summed E-state index contributed by atoms with van der Waals surface area (Å²) < 4.78 is 4.63. The molecule has 6 nitrogen and oxygen atoms in total. The zero-order chi connectivity index (χ0) is 17.3. The molecule has 1 heterocycles. The first kappa shape index (κ1) is 16.3. The van der Waals surface area contributed by atoms with Crippen LogP contribution in [0.5, 0.6) is 0 Å². The number of pyridine rings is 1. The van der Waals surface area contributed by atoms with Crippen LogP contribution in [0.2, 0.25) is 5.02 Å². The fourth-order valence-corrected chi connectivity index (χ4v) is 3.17. The van der Waals surface area contributed by atoms with E-state index < -0.39 is 17.9 Å². The zero-order valence-corrected chi connectivity index (χ0v) is 13.6. The quantitative estimate of drug-likeness (QED) is 0.826. The maximum Gasteiger partial charge on any atom is 0.339 e. The summed E-state index contributed by atoms with van der Waals surface area (Å²) in [6.07, 6.45) is 1.78. The molecule has 0 fully saturated rings. The number of rotatable bonds is 4. The molecule has 0 amide bonds. The molecule has 0 saturated heterocycles. The van der Waals surface area contributed by atoms with E-state index in [1.165, 1.54) is 19.4 Å². The highest BCUT2D eigenvalue weighted by Gasteiger charge is 2.35. The van der Waals surface area contributed by atoms with Gasteiger partial charge >= 0.3 is 11.9 Å². The average Bonchev–Trinajstić information content (AvgIpc) is 2.95. The Morgan fingerprint density at radius 1 is 1.33 bits per heavy atom. The Kier molecular flexibility index (Phi) is 4.40. The van der Waals surface area contributed by atoms with Gasteiger partial charge in [-0.25, -0.2) is 9.78 Å². The molecule has 0 aliphatic heterocycles. The molecule has 2 atom stereocenters. The number of nitrogens with zero attached hydrogens (tertiary/aromatic N) is 1. The molecule has 1 aromatic heterocycles. The van der Waals surface area contributed by atoms with E-state index >= 15 is 0 Å². The number of ether oxygens (including phenoxy) is 1. The third-order valence-corrected chi connectivity index (χ3v) is 4.38. The van der Waals surface area contributed by atoms with E-state index in [1.54, 1.807) is 0 Å². The molecule has 1 aliphatic carbocycles. The van der Waals surface area contributed by atoms with E-state index in [2.05, 4.69) is 15.0 Å². The van der Waals surface area contributed by atoms with Crippen LogP contribution < -0.4 is 5.32 Å². The van der Waals surface area contributed by atoms with Crippen molar-refractivity contribution < 1.29 is 19.4 Å². The zero-order valence-electron chi connectivity index (χ0n) is 12.8. The average molecular weight is 347 g/mol. The van der Waals surface area contributed by atoms with Gasteiger partial charge in [0.2, 0.25) is 0 Å². The molecule has 1 aromatic carbocycles. The third-order valence-electron chi connectivity index (χ3n) is 4.09. The Hall–Kier alpha value is -2.60. The van der Waals surface area contributed by atoms with Gasteiger partial charge < -0.3 is 15.2 Å². The minimum absolute atomic E-state index is 0.212. The molecule has 2 unspecified atom stereocenters. The summed E-state index contributed by atoms with van der Waals surface area (Å²) >= 11 is 6.19. The number of fused-ring (bicyclic) bond motifs is 1. The number of carbonyl (C=O) groups excluding carboxylic acids is 1. The van der Waals surface area contributed by atoms with Crippen LogP contribution in [0.15, 0.2) is 36.5 Å². The Morgan fingerprint density at radius 2 is 2.04 bits per heavy atom. The number of halogens is 1. The number of hydrogen-bond acceptors (Lipinski definition) is 5. The summed E-state index contributed by atoms with van der Waals surface area (Å²) in [5.74, 6) is -1.54. The number of esters is 1. The predicted octanol–water partition coefficient (Wildman–Crippen LogP) is 3.25. The number of aromatic nitrogens is 1. The Labute approximate surface area is 143 Å². The van der Waals surface area contributed by atoms with Crippen LogP contribution in [-0.2, 0) is 9.53 Å². The number of carboxylic acid groups (broad SMARTS) is 1. The number of methoxy groups -OCH3 is 1. The molecule has 0 bridgehead atoms. The molecule has 3 rings (SSSR count). The summed E-state index contributed by atoms with van der Waals surface area (Å²) in [5, 5.41) is 12.9. The molecule has 2 aromatic rings. The van der Waals surface area contributed by atoms with E-state index in [4.69, 9.17) is 11.6 Å². The number of hydrogen-bond donors (Lipinski definition) is 2. The van der Waals surface area contributed by atoms with Crippen molar-refractivity contribution in [3.63, 3.8) is 0 Å². The van der Waals surface area contributed by atoms with Crippen molar-refractivity contribution in [3.8, 4) is 0 Å². The second kappa shape index (κ2) is 6.49. The summed E-state index contributed by atoms with van der Waals surface area (Å²) in [5.41, 5.74) is 1.97. The molecular weight excluding hydrogens is 332 g/mol. The van der Waals surface area contributed by atoms with Crippen molar-refractivity contribution in [2.75, 3.05) is 12.4 Å². The Bertz CT molecular complexity index is 809.